The first-order valence-electron chi connectivity index (χ1n) is 12.5. The van der Waals surface area contributed by atoms with E-state index in [9.17, 15) is 22.8 Å². The predicted octanol–water partition coefficient (Wildman–Crippen LogP) is 5.78. The Labute approximate surface area is 207 Å². The molecule has 6 nitrogen and oxygen atoms in total. The topological polar surface area (TPSA) is 70.1 Å². The van der Waals surface area contributed by atoms with Crippen molar-refractivity contribution >= 4 is 17.6 Å². The maximum atomic E-state index is 13.8. The minimum Gasteiger partial charge on any atom is -0.481 e. The number of carboxylic acids is 1. The number of para-hydroxylation sites is 1. The average Bonchev–Trinajstić information content (AvgIpc) is 3.56. The number of alkyl halides is 3. The van der Waals surface area contributed by atoms with Crippen LogP contribution in [0.1, 0.15) is 66.9 Å². The normalized spacial score (nSPS) is 23.3. The van der Waals surface area contributed by atoms with E-state index in [0.717, 1.165) is 43.4 Å². The zero-order valence-electron chi connectivity index (χ0n) is 19.8. The summed E-state index contributed by atoms with van der Waals surface area (Å²) in [6, 6.07) is 13.5. The van der Waals surface area contributed by atoms with Crippen LogP contribution in [0.15, 0.2) is 48.5 Å². The van der Waals surface area contributed by atoms with Gasteiger partial charge in [-0.15, -0.1) is 13.2 Å². The lowest BCUT2D eigenvalue weighted by Crippen LogP contribution is -2.52. The number of carbonyl (C=O) groups is 2. The number of carbonyl (C=O) groups excluding carboxylic acids is 1. The lowest BCUT2D eigenvalue weighted by molar-refractivity contribution is -0.274. The molecule has 0 saturated heterocycles. The molecular weight excluding hydrogens is 473 g/mol. The Morgan fingerprint density at radius 3 is 2.42 bits per heavy atom. The van der Waals surface area contributed by atoms with E-state index < -0.39 is 12.3 Å². The van der Waals surface area contributed by atoms with Gasteiger partial charge in [-0.3, -0.25) is 14.5 Å². The molecule has 0 unspecified atom stereocenters. The number of ether oxygens (including phenoxy) is 1. The monoisotopic (exact) mass is 502 g/mol. The molecule has 0 aromatic heterocycles. The Kier molecular flexibility index (Phi) is 6.68. The Hall–Kier alpha value is -3.07. The van der Waals surface area contributed by atoms with Crippen LogP contribution >= 0.6 is 0 Å². The van der Waals surface area contributed by atoms with Crippen molar-refractivity contribution in [2.75, 3.05) is 11.4 Å². The first-order chi connectivity index (χ1) is 17.2. The average molecular weight is 503 g/mol. The van der Waals surface area contributed by atoms with Crippen LogP contribution in [-0.4, -0.2) is 46.9 Å². The fourth-order valence-corrected chi connectivity index (χ4v) is 6.02. The Morgan fingerprint density at radius 2 is 1.75 bits per heavy atom. The van der Waals surface area contributed by atoms with Crippen molar-refractivity contribution in [3.63, 3.8) is 0 Å². The fraction of sp³-hybridized carbons (Fsp3) is 0.481. The minimum atomic E-state index is -4.79. The number of aliphatic carboxylic acids is 1. The van der Waals surface area contributed by atoms with Crippen LogP contribution in [0.3, 0.4) is 0 Å². The third-order valence-electron chi connectivity index (χ3n) is 7.52. The highest BCUT2D eigenvalue weighted by Gasteiger charge is 2.50. The molecule has 9 heteroatoms. The van der Waals surface area contributed by atoms with Gasteiger partial charge in [-0.25, -0.2) is 0 Å². The van der Waals surface area contributed by atoms with E-state index in [-0.39, 0.29) is 36.1 Å². The molecule has 5 rings (SSSR count). The Balaban J connectivity index is 1.46. The van der Waals surface area contributed by atoms with E-state index in [1.165, 1.54) is 24.3 Å². The number of halogens is 3. The summed E-state index contributed by atoms with van der Waals surface area (Å²) in [5.74, 6) is -1.18. The van der Waals surface area contributed by atoms with Gasteiger partial charge in [0.05, 0.1) is 0 Å². The van der Waals surface area contributed by atoms with Crippen molar-refractivity contribution in [3.8, 4) is 5.75 Å². The molecule has 3 atom stereocenters. The van der Waals surface area contributed by atoms with Crippen LogP contribution in [0.2, 0.25) is 0 Å². The van der Waals surface area contributed by atoms with Crippen molar-refractivity contribution in [1.29, 1.82) is 0 Å². The zero-order valence-corrected chi connectivity index (χ0v) is 19.8. The van der Waals surface area contributed by atoms with E-state index in [4.69, 9.17) is 5.11 Å². The van der Waals surface area contributed by atoms with Crippen LogP contribution in [0.4, 0.5) is 18.9 Å². The molecule has 2 saturated carbocycles. The summed E-state index contributed by atoms with van der Waals surface area (Å²) in [5, 5.41) is 9.15. The van der Waals surface area contributed by atoms with E-state index in [0.29, 0.717) is 24.6 Å². The molecular formula is C27H29F3N2O4. The van der Waals surface area contributed by atoms with Crippen molar-refractivity contribution in [2.24, 2.45) is 5.92 Å². The lowest BCUT2D eigenvalue weighted by atomic mass is 9.81. The van der Waals surface area contributed by atoms with Crippen LogP contribution in [0, 0.1) is 5.92 Å². The fourth-order valence-electron chi connectivity index (χ4n) is 6.02. The van der Waals surface area contributed by atoms with Gasteiger partial charge in [-0.05, 0) is 80.5 Å². The van der Waals surface area contributed by atoms with Gasteiger partial charge in [-0.2, -0.15) is 0 Å². The molecule has 0 spiro atoms. The third kappa shape index (κ3) is 5.07. The molecule has 36 heavy (non-hydrogen) atoms. The number of anilines is 1. The van der Waals surface area contributed by atoms with Gasteiger partial charge < -0.3 is 14.7 Å². The molecule has 1 aliphatic heterocycles. The first-order valence-corrected chi connectivity index (χ1v) is 12.5. The van der Waals surface area contributed by atoms with Crippen molar-refractivity contribution in [1.82, 2.24) is 4.90 Å². The minimum absolute atomic E-state index is 0.0239. The van der Waals surface area contributed by atoms with Gasteiger partial charge in [0.15, 0.2) is 0 Å². The first kappa shape index (κ1) is 24.6. The van der Waals surface area contributed by atoms with Crippen LogP contribution in [0.25, 0.3) is 0 Å². The molecule has 192 valence electrons. The molecule has 0 radical (unpaired) electrons. The van der Waals surface area contributed by atoms with Crippen LogP contribution in [0.5, 0.6) is 5.75 Å². The second-order valence-corrected chi connectivity index (χ2v) is 9.88. The Bertz CT molecular complexity index is 1120. The van der Waals surface area contributed by atoms with Gasteiger partial charge in [-0.1, -0.05) is 24.6 Å². The quantitative estimate of drug-likeness (QED) is 0.495. The van der Waals surface area contributed by atoms with Gasteiger partial charge in [0, 0.05) is 35.8 Å². The smallest absolute Gasteiger partial charge is 0.481 e. The van der Waals surface area contributed by atoms with Crippen molar-refractivity contribution in [2.45, 2.75) is 69.4 Å². The summed E-state index contributed by atoms with van der Waals surface area (Å²) in [6.45, 7) is 0.702. The van der Waals surface area contributed by atoms with E-state index in [1.807, 2.05) is 23.1 Å². The molecule has 1 N–H and O–H groups in total. The zero-order chi connectivity index (χ0) is 25.4. The van der Waals surface area contributed by atoms with E-state index in [2.05, 4.69) is 15.7 Å². The number of hydrogen-bond acceptors (Lipinski definition) is 4. The molecule has 2 fully saturated rings. The molecule has 2 aromatic rings. The molecule has 1 heterocycles. The van der Waals surface area contributed by atoms with E-state index in [1.54, 1.807) is 0 Å². The lowest BCUT2D eigenvalue weighted by Gasteiger charge is -2.48. The number of nitrogens with zero attached hydrogens (tertiary/aromatic N) is 2. The van der Waals surface area contributed by atoms with Crippen LogP contribution in [-0.2, 0) is 4.79 Å². The maximum Gasteiger partial charge on any atom is 0.573 e. The summed E-state index contributed by atoms with van der Waals surface area (Å²) >= 11 is 0. The summed E-state index contributed by atoms with van der Waals surface area (Å²) in [5.41, 5.74) is 2.20. The highest BCUT2D eigenvalue weighted by Crippen LogP contribution is 2.52. The summed E-state index contributed by atoms with van der Waals surface area (Å²) in [6.07, 6.45) is 0.909. The number of amides is 1. The SMILES string of the molecule is O=C(O)CCCN(C1CC1)[C@H]1c2ccccc2N(C(=O)c2ccc(OC(F)(F)F)cc2)[C@@H]2CCC[C@@H]21. The molecule has 2 aliphatic carbocycles. The summed E-state index contributed by atoms with van der Waals surface area (Å²) in [7, 11) is 0. The predicted molar refractivity (Wildman–Crippen MR) is 127 cm³/mol. The third-order valence-corrected chi connectivity index (χ3v) is 7.52. The summed E-state index contributed by atoms with van der Waals surface area (Å²) < 4.78 is 41.6. The van der Waals surface area contributed by atoms with Crippen LogP contribution < -0.4 is 9.64 Å². The number of rotatable bonds is 8. The van der Waals surface area contributed by atoms with Crippen molar-refractivity contribution < 1.29 is 32.6 Å². The van der Waals surface area contributed by atoms with Gasteiger partial charge in [0.25, 0.3) is 5.91 Å². The summed E-state index contributed by atoms with van der Waals surface area (Å²) in [4.78, 5) is 29.2. The molecule has 0 bridgehead atoms. The number of carboxylic acid groups (broad SMARTS) is 1. The number of fused-ring (bicyclic) bond motifs is 2. The molecule has 1 amide bonds. The maximum absolute atomic E-state index is 13.8. The van der Waals surface area contributed by atoms with Gasteiger partial charge in [0.2, 0.25) is 0 Å². The highest BCUT2D eigenvalue weighted by atomic mass is 19.4. The largest absolute Gasteiger partial charge is 0.573 e. The standard InChI is InChI=1S/C27H29F3N2O4/c28-27(29,30)36-19-14-10-17(11-15-19)26(35)32-22-7-2-1-5-20(22)25(21-6-3-8-23(21)32)31(18-12-13-18)16-4-9-24(33)34/h1-2,5,7,10-11,14-15,18,21,23,25H,3-4,6,8-9,12-13,16H2,(H,33,34)/t21-,23+,25-/m0/s1. The molecule has 3 aliphatic rings. The van der Waals surface area contributed by atoms with E-state index >= 15 is 0 Å². The Morgan fingerprint density at radius 1 is 1.03 bits per heavy atom. The van der Waals surface area contributed by atoms with Crippen molar-refractivity contribution in [3.05, 3.63) is 59.7 Å². The number of hydrogen-bond donors (Lipinski definition) is 1. The van der Waals surface area contributed by atoms with Gasteiger partial charge in [0.1, 0.15) is 5.75 Å². The second kappa shape index (κ2) is 9.76. The highest BCUT2D eigenvalue weighted by molar-refractivity contribution is 6.07. The number of benzene rings is 2. The second-order valence-electron chi connectivity index (χ2n) is 9.88. The van der Waals surface area contributed by atoms with Gasteiger partial charge >= 0.3 is 12.3 Å². The molecule has 2 aromatic carbocycles.